The Bertz CT molecular complexity index is 523. The fourth-order valence-corrected chi connectivity index (χ4v) is 1.98. The first-order valence-corrected chi connectivity index (χ1v) is 5.64. The number of fused-ring (bicyclic) bond motifs is 1. The highest BCUT2D eigenvalue weighted by Crippen LogP contribution is 2.24. The van der Waals surface area contributed by atoms with Crippen LogP contribution in [0.1, 0.15) is 27.1 Å². The van der Waals surface area contributed by atoms with Crippen molar-refractivity contribution in [3.8, 4) is 0 Å². The first-order valence-electron chi connectivity index (χ1n) is 5.64. The van der Waals surface area contributed by atoms with Crippen molar-refractivity contribution in [2.24, 2.45) is 11.5 Å². The SMILES string of the molecule is NC(CC(N)N1C(=O)c2ccccc2C1=O)C(=O)O. The number of hydrogen-bond donors (Lipinski definition) is 3. The van der Waals surface area contributed by atoms with Gasteiger partial charge in [-0.05, 0) is 12.1 Å². The smallest absolute Gasteiger partial charge is 0.320 e. The Morgan fingerprint density at radius 1 is 1.16 bits per heavy atom. The molecule has 0 saturated carbocycles. The zero-order valence-electron chi connectivity index (χ0n) is 9.95. The van der Waals surface area contributed by atoms with Gasteiger partial charge in [-0.15, -0.1) is 0 Å². The number of hydrogen-bond acceptors (Lipinski definition) is 5. The normalized spacial score (nSPS) is 17.3. The molecule has 0 aromatic heterocycles. The molecule has 1 aromatic rings. The average molecular weight is 263 g/mol. The maximum absolute atomic E-state index is 12.0. The number of carbonyl (C=O) groups is 3. The quantitative estimate of drug-likeness (QED) is 0.621. The Morgan fingerprint density at radius 3 is 2.05 bits per heavy atom. The van der Waals surface area contributed by atoms with Crippen molar-refractivity contribution in [1.82, 2.24) is 4.90 Å². The van der Waals surface area contributed by atoms with E-state index in [9.17, 15) is 14.4 Å². The van der Waals surface area contributed by atoms with E-state index in [-0.39, 0.29) is 17.5 Å². The van der Waals surface area contributed by atoms with E-state index in [4.69, 9.17) is 16.6 Å². The summed E-state index contributed by atoms with van der Waals surface area (Å²) >= 11 is 0. The van der Waals surface area contributed by atoms with Gasteiger partial charge in [0.15, 0.2) is 0 Å². The monoisotopic (exact) mass is 263 g/mol. The van der Waals surface area contributed by atoms with E-state index in [2.05, 4.69) is 0 Å². The summed E-state index contributed by atoms with van der Waals surface area (Å²) in [7, 11) is 0. The Kier molecular flexibility index (Phi) is 3.32. The molecule has 1 aliphatic rings. The summed E-state index contributed by atoms with van der Waals surface area (Å²) in [4.78, 5) is 35.6. The fraction of sp³-hybridized carbons (Fsp3) is 0.250. The van der Waals surface area contributed by atoms with Crippen LogP contribution >= 0.6 is 0 Å². The predicted octanol–water partition coefficient (Wildman–Crippen LogP) is -0.631. The van der Waals surface area contributed by atoms with Gasteiger partial charge in [-0.1, -0.05) is 12.1 Å². The predicted molar refractivity (Wildman–Crippen MR) is 65.1 cm³/mol. The lowest BCUT2D eigenvalue weighted by atomic mass is 10.1. The van der Waals surface area contributed by atoms with Crippen molar-refractivity contribution in [1.29, 1.82) is 0 Å². The number of rotatable bonds is 4. The van der Waals surface area contributed by atoms with Crippen LogP contribution in [-0.2, 0) is 4.79 Å². The van der Waals surface area contributed by atoms with E-state index in [1.165, 1.54) is 12.1 Å². The second-order valence-corrected chi connectivity index (χ2v) is 4.27. The zero-order valence-corrected chi connectivity index (χ0v) is 9.95. The average Bonchev–Trinajstić information content (AvgIpc) is 2.62. The van der Waals surface area contributed by atoms with Crippen molar-refractivity contribution in [2.75, 3.05) is 0 Å². The minimum absolute atomic E-state index is 0.194. The van der Waals surface area contributed by atoms with Crippen LogP contribution in [0.15, 0.2) is 24.3 Å². The van der Waals surface area contributed by atoms with Gasteiger partial charge in [-0.3, -0.25) is 19.3 Å². The highest BCUT2D eigenvalue weighted by atomic mass is 16.4. The molecule has 100 valence electrons. The van der Waals surface area contributed by atoms with E-state index in [1.807, 2.05) is 0 Å². The maximum Gasteiger partial charge on any atom is 0.320 e. The number of benzene rings is 1. The lowest BCUT2D eigenvalue weighted by Crippen LogP contribution is -2.49. The van der Waals surface area contributed by atoms with Crippen LogP contribution in [0, 0.1) is 0 Å². The number of imide groups is 1. The molecule has 1 aromatic carbocycles. The third kappa shape index (κ3) is 2.20. The molecule has 0 bridgehead atoms. The molecule has 0 fully saturated rings. The van der Waals surface area contributed by atoms with Gasteiger partial charge in [-0.25, -0.2) is 0 Å². The largest absolute Gasteiger partial charge is 0.480 e. The van der Waals surface area contributed by atoms with E-state index < -0.39 is 30.0 Å². The summed E-state index contributed by atoms with van der Waals surface area (Å²) in [6.45, 7) is 0. The third-order valence-electron chi connectivity index (χ3n) is 2.97. The van der Waals surface area contributed by atoms with Crippen molar-refractivity contribution in [3.63, 3.8) is 0 Å². The molecule has 1 heterocycles. The van der Waals surface area contributed by atoms with Gasteiger partial charge in [0.25, 0.3) is 11.8 Å². The summed E-state index contributed by atoms with van der Waals surface area (Å²) < 4.78 is 0. The van der Waals surface area contributed by atoms with E-state index in [0.717, 1.165) is 4.90 Å². The van der Waals surface area contributed by atoms with E-state index in [1.54, 1.807) is 12.1 Å². The van der Waals surface area contributed by atoms with Crippen LogP contribution in [-0.4, -0.2) is 40.0 Å². The number of amides is 2. The Balaban J connectivity index is 2.22. The van der Waals surface area contributed by atoms with Gasteiger partial charge in [0, 0.05) is 6.42 Å². The van der Waals surface area contributed by atoms with Gasteiger partial charge >= 0.3 is 5.97 Å². The van der Waals surface area contributed by atoms with Crippen LogP contribution in [0.5, 0.6) is 0 Å². The van der Waals surface area contributed by atoms with Gasteiger partial charge in [0.2, 0.25) is 0 Å². The maximum atomic E-state index is 12.0. The molecular formula is C12H13N3O4. The summed E-state index contributed by atoms with van der Waals surface area (Å²) in [6, 6.07) is 5.11. The fourth-order valence-electron chi connectivity index (χ4n) is 1.98. The topological polar surface area (TPSA) is 127 Å². The Hall–Kier alpha value is -2.25. The van der Waals surface area contributed by atoms with Gasteiger partial charge in [-0.2, -0.15) is 0 Å². The van der Waals surface area contributed by atoms with E-state index >= 15 is 0 Å². The Labute approximate surface area is 108 Å². The number of aliphatic carboxylic acids is 1. The second-order valence-electron chi connectivity index (χ2n) is 4.27. The molecule has 0 aliphatic carbocycles. The first-order chi connectivity index (χ1) is 8.93. The molecule has 0 saturated heterocycles. The zero-order chi connectivity index (χ0) is 14.2. The lowest BCUT2D eigenvalue weighted by Gasteiger charge is -2.23. The Morgan fingerprint density at radius 2 is 1.63 bits per heavy atom. The van der Waals surface area contributed by atoms with Crippen molar-refractivity contribution < 1.29 is 19.5 Å². The molecule has 7 heteroatoms. The summed E-state index contributed by atoms with van der Waals surface area (Å²) in [5.74, 6) is -2.27. The summed E-state index contributed by atoms with van der Waals surface area (Å²) in [5.41, 5.74) is 11.6. The number of nitrogens with zero attached hydrogens (tertiary/aromatic N) is 1. The van der Waals surface area contributed by atoms with Crippen LogP contribution in [0.25, 0.3) is 0 Å². The van der Waals surface area contributed by atoms with E-state index in [0.29, 0.717) is 0 Å². The standard InChI is InChI=1S/C12H13N3O4/c13-8(12(18)19)5-9(14)15-10(16)6-3-1-2-4-7(6)11(15)17/h1-4,8-9H,5,13-14H2,(H,18,19). The van der Waals surface area contributed by atoms with Gasteiger partial charge in [0.1, 0.15) is 6.04 Å². The van der Waals surface area contributed by atoms with Gasteiger partial charge < -0.3 is 16.6 Å². The minimum atomic E-state index is -1.23. The molecule has 7 nitrogen and oxygen atoms in total. The molecule has 2 amide bonds. The highest BCUT2D eigenvalue weighted by molar-refractivity contribution is 6.21. The summed E-state index contributed by atoms with van der Waals surface area (Å²) in [5, 5.41) is 8.71. The lowest BCUT2D eigenvalue weighted by molar-refractivity contribution is -0.139. The minimum Gasteiger partial charge on any atom is -0.480 e. The molecule has 2 atom stereocenters. The first kappa shape index (κ1) is 13.2. The van der Waals surface area contributed by atoms with Gasteiger partial charge in [0.05, 0.1) is 17.3 Å². The molecule has 19 heavy (non-hydrogen) atoms. The second kappa shape index (κ2) is 4.79. The van der Waals surface area contributed by atoms with Crippen molar-refractivity contribution >= 4 is 17.8 Å². The molecule has 0 spiro atoms. The van der Waals surface area contributed by atoms with Crippen LogP contribution in [0.3, 0.4) is 0 Å². The molecule has 2 rings (SSSR count). The van der Waals surface area contributed by atoms with Crippen molar-refractivity contribution in [2.45, 2.75) is 18.6 Å². The molecular weight excluding hydrogens is 250 g/mol. The summed E-state index contributed by atoms with van der Waals surface area (Å²) in [6.07, 6.45) is -1.25. The number of carbonyl (C=O) groups excluding carboxylic acids is 2. The van der Waals surface area contributed by atoms with Crippen LogP contribution in [0.4, 0.5) is 0 Å². The van der Waals surface area contributed by atoms with Crippen LogP contribution < -0.4 is 11.5 Å². The number of nitrogens with two attached hydrogens (primary N) is 2. The molecule has 5 N–H and O–H groups in total. The number of carboxylic acid groups (broad SMARTS) is 1. The molecule has 2 unspecified atom stereocenters. The molecule has 0 radical (unpaired) electrons. The molecule has 1 aliphatic heterocycles. The highest BCUT2D eigenvalue weighted by Gasteiger charge is 2.39. The third-order valence-corrected chi connectivity index (χ3v) is 2.97. The van der Waals surface area contributed by atoms with Crippen molar-refractivity contribution in [3.05, 3.63) is 35.4 Å². The van der Waals surface area contributed by atoms with Crippen LogP contribution in [0.2, 0.25) is 0 Å². The number of carboxylic acids is 1.